The van der Waals surface area contributed by atoms with Crippen molar-refractivity contribution in [2.24, 2.45) is 5.14 Å². The van der Waals surface area contributed by atoms with E-state index in [0.717, 1.165) is 11.0 Å². The van der Waals surface area contributed by atoms with Crippen LogP contribution in [0.1, 0.15) is 22.7 Å². The number of amides is 1. The number of ketones is 1. The molecule has 2 heterocycles. The summed E-state index contributed by atoms with van der Waals surface area (Å²) in [6, 6.07) is 11.1. The van der Waals surface area contributed by atoms with E-state index in [4.69, 9.17) is 5.14 Å². The van der Waals surface area contributed by atoms with Crippen LogP contribution in [-0.2, 0) is 19.6 Å². The number of anilines is 1. The monoisotopic (exact) mass is 467 g/mol. The molecule has 8 nitrogen and oxygen atoms in total. The molecule has 0 bridgehead atoms. The van der Waals surface area contributed by atoms with Crippen LogP contribution in [0.2, 0.25) is 0 Å². The minimum Gasteiger partial charge on any atom is -0.507 e. The lowest BCUT2D eigenvalue weighted by Gasteiger charge is -2.25. The highest BCUT2D eigenvalue weighted by Crippen LogP contribution is 2.42. The summed E-state index contributed by atoms with van der Waals surface area (Å²) in [5.74, 6) is -2.79. The lowest BCUT2D eigenvalue weighted by Crippen LogP contribution is -2.29. The number of aromatic nitrogens is 1. The molecule has 3 N–H and O–H groups in total. The molecule has 3 aromatic rings. The van der Waals surface area contributed by atoms with Gasteiger partial charge in [0.1, 0.15) is 11.6 Å². The second-order valence-electron chi connectivity index (χ2n) is 7.45. The SMILES string of the molecule is Cc1cc(/C(O)=C2\C(=O)C(=O)N(c3ccc(S(N)(=O)=O)cc3)C2c2ccncc2)ccc1F. The maximum Gasteiger partial charge on any atom is 0.300 e. The highest BCUT2D eigenvalue weighted by Gasteiger charge is 2.47. The zero-order valence-electron chi connectivity index (χ0n) is 17.3. The molecule has 1 unspecified atom stereocenters. The fourth-order valence-electron chi connectivity index (χ4n) is 3.70. The third-order valence-electron chi connectivity index (χ3n) is 5.34. The van der Waals surface area contributed by atoms with Crippen LogP contribution >= 0.6 is 0 Å². The number of hydrogen-bond acceptors (Lipinski definition) is 6. The molecule has 0 saturated carbocycles. The lowest BCUT2D eigenvalue weighted by atomic mass is 9.95. The number of aliphatic hydroxyl groups excluding tert-OH is 1. The van der Waals surface area contributed by atoms with Gasteiger partial charge in [-0.2, -0.15) is 0 Å². The van der Waals surface area contributed by atoms with E-state index in [2.05, 4.69) is 4.98 Å². The van der Waals surface area contributed by atoms with Crippen molar-refractivity contribution >= 4 is 33.2 Å². The van der Waals surface area contributed by atoms with Gasteiger partial charge < -0.3 is 5.11 Å². The van der Waals surface area contributed by atoms with Crippen LogP contribution < -0.4 is 10.0 Å². The van der Waals surface area contributed by atoms with Crippen molar-refractivity contribution < 1.29 is 27.5 Å². The Bertz CT molecular complexity index is 1400. The Kier molecular flexibility index (Phi) is 5.56. The van der Waals surface area contributed by atoms with Gasteiger partial charge in [-0.25, -0.2) is 17.9 Å². The van der Waals surface area contributed by atoms with E-state index in [9.17, 15) is 27.5 Å². The number of Topliss-reactive ketones (excluding diaryl/α,β-unsaturated/α-hetero) is 1. The predicted octanol–water partition coefficient (Wildman–Crippen LogP) is 2.80. The molecule has 1 amide bonds. The van der Waals surface area contributed by atoms with Crippen LogP contribution in [0.5, 0.6) is 0 Å². The van der Waals surface area contributed by atoms with Crippen LogP contribution in [0, 0.1) is 12.7 Å². The summed E-state index contributed by atoms with van der Waals surface area (Å²) in [5.41, 5.74) is 0.955. The van der Waals surface area contributed by atoms with E-state index in [1.54, 1.807) is 12.1 Å². The Morgan fingerprint density at radius 1 is 1.06 bits per heavy atom. The molecule has 1 fully saturated rings. The number of primary sulfonamides is 1. The van der Waals surface area contributed by atoms with Crippen molar-refractivity contribution in [2.75, 3.05) is 4.90 Å². The van der Waals surface area contributed by atoms with Gasteiger partial charge in [0.05, 0.1) is 16.5 Å². The summed E-state index contributed by atoms with van der Waals surface area (Å²) >= 11 is 0. The van der Waals surface area contributed by atoms with Crippen LogP contribution in [-0.4, -0.2) is 30.2 Å². The average molecular weight is 467 g/mol. The molecular formula is C23H18FN3O5S. The molecule has 0 radical (unpaired) electrons. The maximum atomic E-state index is 13.7. The maximum absolute atomic E-state index is 13.7. The molecule has 1 atom stereocenters. The summed E-state index contributed by atoms with van der Waals surface area (Å²) in [7, 11) is -3.96. The van der Waals surface area contributed by atoms with Crippen LogP contribution in [0.4, 0.5) is 10.1 Å². The van der Waals surface area contributed by atoms with Gasteiger partial charge in [0.25, 0.3) is 11.7 Å². The van der Waals surface area contributed by atoms with Crippen molar-refractivity contribution in [3.8, 4) is 0 Å². The number of halogens is 1. The highest BCUT2D eigenvalue weighted by molar-refractivity contribution is 7.89. The first kappa shape index (κ1) is 22.3. The van der Waals surface area contributed by atoms with Gasteiger partial charge in [-0.3, -0.25) is 19.5 Å². The molecule has 2 aromatic carbocycles. The second kappa shape index (κ2) is 8.23. The van der Waals surface area contributed by atoms with Crippen molar-refractivity contribution in [2.45, 2.75) is 17.9 Å². The van der Waals surface area contributed by atoms with Crippen molar-refractivity contribution in [3.63, 3.8) is 0 Å². The Morgan fingerprint density at radius 3 is 2.27 bits per heavy atom. The molecule has 33 heavy (non-hydrogen) atoms. The normalized spacial score (nSPS) is 18.0. The molecule has 0 spiro atoms. The van der Waals surface area contributed by atoms with Gasteiger partial charge in [-0.05, 0) is 72.6 Å². The molecule has 168 valence electrons. The van der Waals surface area contributed by atoms with E-state index >= 15 is 0 Å². The first-order valence-electron chi connectivity index (χ1n) is 9.70. The number of carbonyl (C=O) groups is 2. The van der Waals surface area contributed by atoms with E-state index in [1.807, 2.05) is 0 Å². The van der Waals surface area contributed by atoms with E-state index in [1.165, 1.54) is 55.7 Å². The average Bonchev–Trinajstić information content (AvgIpc) is 3.06. The number of nitrogens with zero attached hydrogens (tertiary/aromatic N) is 2. The van der Waals surface area contributed by atoms with E-state index in [-0.39, 0.29) is 27.3 Å². The zero-order valence-corrected chi connectivity index (χ0v) is 18.1. The van der Waals surface area contributed by atoms with Crippen molar-refractivity contribution in [1.82, 2.24) is 4.98 Å². The van der Waals surface area contributed by atoms with Gasteiger partial charge in [0.15, 0.2) is 0 Å². The molecule has 0 aliphatic carbocycles. The highest BCUT2D eigenvalue weighted by atomic mass is 32.2. The fourth-order valence-corrected chi connectivity index (χ4v) is 4.22. The Morgan fingerprint density at radius 2 is 1.70 bits per heavy atom. The molecule has 1 aliphatic heterocycles. The Hall–Kier alpha value is -3.89. The topological polar surface area (TPSA) is 131 Å². The number of sulfonamides is 1. The van der Waals surface area contributed by atoms with Crippen molar-refractivity contribution in [1.29, 1.82) is 0 Å². The number of nitrogens with two attached hydrogens (primary N) is 1. The standard InChI is InChI=1S/C23H18FN3O5S/c1-13-12-15(2-7-18(13)24)21(28)19-20(14-8-10-26-11-9-14)27(23(30)22(19)29)16-3-5-17(6-4-16)33(25,31)32/h2-12,20,28H,1H3,(H2,25,31,32)/b21-19+. The third-order valence-corrected chi connectivity index (χ3v) is 6.27. The summed E-state index contributed by atoms with van der Waals surface area (Å²) in [6.45, 7) is 1.51. The van der Waals surface area contributed by atoms with Gasteiger partial charge in [0.2, 0.25) is 10.0 Å². The first-order valence-corrected chi connectivity index (χ1v) is 11.2. The minimum atomic E-state index is -3.96. The number of aliphatic hydroxyl groups is 1. The van der Waals surface area contributed by atoms with Gasteiger partial charge >= 0.3 is 0 Å². The van der Waals surface area contributed by atoms with E-state index in [0.29, 0.717) is 5.56 Å². The van der Waals surface area contributed by atoms with Crippen LogP contribution in [0.25, 0.3) is 5.76 Å². The molecule has 1 aromatic heterocycles. The molecule has 1 saturated heterocycles. The van der Waals surface area contributed by atoms with Gasteiger partial charge in [-0.15, -0.1) is 0 Å². The molecular weight excluding hydrogens is 449 g/mol. The number of carbonyl (C=O) groups excluding carboxylic acids is 2. The Balaban J connectivity index is 1.92. The number of rotatable bonds is 4. The van der Waals surface area contributed by atoms with Crippen LogP contribution in [0.15, 0.2) is 77.5 Å². The molecule has 10 heteroatoms. The largest absolute Gasteiger partial charge is 0.507 e. The Labute approximate surface area is 188 Å². The van der Waals surface area contributed by atoms with Crippen molar-refractivity contribution in [3.05, 3.63) is 95.1 Å². The zero-order chi connectivity index (χ0) is 23.9. The fraction of sp³-hybridized carbons (Fsp3) is 0.0870. The number of hydrogen-bond donors (Lipinski definition) is 2. The lowest BCUT2D eigenvalue weighted by molar-refractivity contribution is -0.132. The quantitative estimate of drug-likeness (QED) is 0.345. The third kappa shape index (κ3) is 4.01. The van der Waals surface area contributed by atoms with Crippen LogP contribution in [0.3, 0.4) is 0 Å². The van der Waals surface area contributed by atoms with E-state index < -0.39 is 39.3 Å². The predicted molar refractivity (Wildman–Crippen MR) is 118 cm³/mol. The number of benzene rings is 2. The smallest absolute Gasteiger partial charge is 0.300 e. The molecule has 4 rings (SSSR count). The summed E-state index contributed by atoms with van der Waals surface area (Å²) in [4.78, 5) is 31.1. The van der Waals surface area contributed by atoms with Gasteiger partial charge in [-0.1, -0.05) is 0 Å². The minimum absolute atomic E-state index is 0.162. The number of aryl methyl sites for hydroxylation is 1. The summed E-state index contributed by atoms with van der Waals surface area (Å²) in [6.07, 6.45) is 2.95. The first-order chi connectivity index (χ1) is 15.6. The van der Waals surface area contributed by atoms with Gasteiger partial charge in [0, 0.05) is 23.6 Å². The second-order valence-corrected chi connectivity index (χ2v) is 9.01. The number of pyridine rings is 1. The summed E-state index contributed by atoms with van der Waals surface area (Å²) < 4.78 is 36.9. The summed E-state index contributed by atoms with van der Waals surface area (Å²) in [5, 5.41) is 16.2. The molecule has 1 aliphatic rings.